The zero-order valence-electron chi connectivity index (χ0n) is 14.0. The van der Waals surface area contributed by atoms with Crippen molar-refractivity contribution in [3.63, 3.8) is 0 Å². The van der Waals surface area contributed by atoms with Gasteiger partial charge >= 0.3 is 0 Å². The van der Waals surface area contributed by atoms with Crippen molar-refractivity contribution in [2.75, 3.05) is 6.54 Å². The molecular weight excluding hydrogens is 290 g/mol. The van der Waals surface area contributed by atoms with E-state index >= 15 is 0 Å². The van der Waals surface area contributed by atoms with Gasteiger partial charge < -0.3 is 10.4 Å². The Morgan fingerprint density at radius 3 is 2.65 bits per heavy atom. The van der Waals surface area contributed by atoms with E-state index in [1.165, 1.54) is 0 Å². The van der Waals surface area contributed by atoms with Crippen LogP contribution in [0.4, 0.5) is 0 Å². The molecular formula is C18H25N3O2. The van der Waals surface area contributed by atoms with Crippen LogP contribution < -0.4 is 5.32 Å². The van der Waals surface area contributed by atoms with E-state index in [9.17, 15) is 9.90 Å². The van der Waals surface area contributed by atoms with Crippen molar-refractivity contribution in [2.24, 2.45) is 5.92 Å². The quantitative estimate of drug-likeness (QED) is 0.825. The Morgan fingerprint density at radius 2 is 2.09 bits per heavy atom. The number of hydrogen-bond donors (Lipinski definition) is 2. The highest BCUT2D eigenvalue weighted by atomic mass is 16.3. The Bertz CT molecular complexity index is 618. The molecule has 2 atom stereocenters. The number of nitrogens with one attached hydrogen (secondary N) is 1. The van der Waals surface area contributed by atoms with Gasteiger partial charge in [0.25, 0.3) is 5.91 Å². The third kappa shape index (κ3) is 4.66. The Kier molecular flexibility index (Phi) is 5.55. The van der Waals surface area contributed by atoms with Gasteiger partial charge in [0.15, 0.2) is 0 Å². The number of carbonyl (C=O) groups is 1. The maximum absolute atomic E-state index is 12.2. The normalized spacial score (nSPS) is 15.0. The number of benzene rings is 1. The predicted molar refractivity (Wildman–Crippen MR) is 90.2 cm³/mol. The van der Waals surface area contributed by atoms with Gasteiger partial charge in [-0.05, 0) is 36.6 Å². The molecule has 0 radical (unpaired) electrons. The van der Waals surface area contributed by atoms with Gasteiger partial charge in [-0.1, -0.05) is 32.4 Å². The second kappa shape index (κ2) is 7.42. The molecule has 23 heavy (non-hydrogen) atoms. The summed E-state index contributed by atoms with van der Waals surface area (Å²) in [5, 5.41) is 17.3. The fraction of sp³-hybridized carbons (Fsp3) is 0.444. The van der Waals surface area contributed by atoms with Crippen molar-refractivity contribution >= 4 is 5.91 Å². The summed E-state index contributed by atoms with van der Waals surface area (Å²) in [7, 11) is 0. The topological polar surface area (TPSA) is 67.2 Å². The van der Waals surface area contributed by atoms with Crippen LogP contribution in [0.2, 0.25) is 0 Å². The van der Waals surface area contributed by atoms with Gasteiger partial charge in [0, 0.05) is 24.5 Å². The van der Waals surface area contributed by atoms with E-state index in [0.29, 0.717) is 12.1 Å². The van der Waals surface area contributed by atoms with E-state index in [0.717, 1.165) is 12.0 Å². The summed E-state index contributed by atoms with van der Waals surface area (Å²) in [6.45, 7) is 6.69. The lowest BCUT2D eigenvalue weighted by Gasteiger charge is -2.29. The van der Waals surface area contributed by atoms with E-state index in [1.807, 2.05) is 42.9 Å². The molecule has 0 aliphatic heterocycles. The Labute approximate surface area is 137 Å². The highest BCUT2D eigenvalue weighted by Gasteiger charge is 2.27. The third-order valence-corrected chi connectivity index (χ3v) is 4.40. The van der Waals surface area contributed by atoms with Crippen LogP contribution in [0.15, 0.2) is 42.7 Å². The first kappa shape index (κ1) is 17.2. The van der Waals surface area contributed by atoms with Crippen molar-refractivity contribution in [3.8, 4) is 0 Å². The first-order chi connectivity index (χ1) is 10.9. The smallest absolute Gasteiger partial charge is 0.251 e. The van der Waals surface area contributed by atoms with Crippen molar-refractivity contribution in [1.29, 1.82) is 0 Å². The largest absolute Gasteiger partial charge is 0.388 e. The van der Waals surface area contributed by atoms with Crippen LogP contribution in [-0.4, -0.2) is 32.9 Å². The van der Waals surface area contributed by atoms with Crippen LogP contribution in [0.1, 0.15) is 43.1 Å². The summed E-state index contributed by atoms with van der Waals surface area (Å²) >= 11 is 0. The first-order valence-electron chi connectivity index (χ1n) is 7.99. The van der Waals surface area contributed by atoms with Crippen LogP contribution in [0.5, 0.6) is 0 Å². The number of aliphatic hydroxyl groups is 1. The minimum Gasteiger partial charge on any atom is -0.388 e. The number of aromatic nitrogens is 2. The average molecular weight is 315 g/mol. The lowest BCUT2D eigenvalue weighted by Crippen LogP contribution is -2.45. The van der Waals surface area contributed by atoms with Crippen molar-refractivity contribution in [2.45, 2.75) is 39.3 Å². The van der Waals surface area contributed by atoms with Gasteiger partial charge in [-0.3, -0.25) is 9.48 Å². The summed E-state index contributed by atoms with van der Waals surface area (Å²) in [4.78, 5) is 12.2. The van der Waals surface area contributed by atoms with E-state index in [1.54, 1.807) is 25.3 Å². The molecule has 2 N–H and O–H groups in total. The lowest BCUT2D eigenvalue weighted by molar-refractivity contribution is 0.00592. The fourth-order valence-electron chi connectivity index (χ4n) is 2.32. The zero-order chi connectivity index (χ0) is 16.9. The SMILES string of the molecule is CCC(C)C(C)(O)CNC(=O)c1ccc(Cn2cccn2)cc1. The molecule has 0 spiro atoms. The molecule has 0 fully saturated rings. The van der Waals surface area contributed by atoms with Crippen LogP contribution in [-0.2, 0) is 6.54 Å². The van der Waals surface area contributed by atoms with Crippen molar-refractivity contribution < 1.29 is 9.90 Å². The van der Waals surface area contributed by atoms with Crippen molar-refractivity contribution in [1.82, 2.24) is 15.1 Å². The van der Waals surface area contributed by atoms with Crippen LogP contribution in [0, 0.1) is 5.92 Å². The van der Waals surface area contributed by atoms with E-state index in [-0.39, 0.29) is 18.4 Å². The first-order valence-corrected chi connectivity index (χ1v) is 7.99. The number of carbonyl (C=O) groups excluding carboxylic acids is 1. The van der Waals surface area contributed by atoms with Crippen LogP contribution in [0.3, 0.4) is 0 Å². The fourth-order valence-corrected chi connectivity index (χ4v) is 2.32. The van der Waals surface area contributed by atoms with Gasteiger partial charge in [0.05, 0.1) is 12.1 Å². The van der Waals surface area contributed by atoms with E-state index < -0.39 is 5.60 Å². The molecule has 0 bridgehead atoms. The monoisotopic (exact) mass is 315 g/mol. The summed E-state index contributed by atoms with van der Waals surface area (Å²) < 4.78 is 1.83. The highest BCUT2D eigenvalue weighted by Crippen LogP contribution is 2.19. The second-order valence-corrected chi connectivity index (χ2v) is 6.25. The third-order valence-electron chi connectivity index (χ3n) is 4.40. The standard InChI is InChI=1S/C18H25N3O2/c1-4-14(2)18(3,23)13-19-17(22)16-8-6-15(7-9-16)12-21-11-5-10-20-21/h5-11,14,23H,4,12-13H2,1-3H3,(H,19,22). The molecule has 0 aliphatic rings. The number of rotatable bonds is 7. The minimum atomic E-state index is -0.898. The van der Waals surface area contributed by atoms with Crippen molar-refractivity contribution in [3.05, 3.63) is 53.9 Å². The minimum absolute atomic E-state index is 0.124. The Balaban J connectivity index is 1.92. The van der Waals surface area contributed by atoms with E-state index in [2.05, 4.69) is 10.4 Å². The van der Waals surface area contributed by atoms with Gasteiger partial charge in [-0.25, -0.2) is 0 Å². The molecule has 2 aromatic rings. The lowest BCUT2D eigenvalue weighted by atomic mass is 9.88. The molecule has 0 saturated carbocycles. The van der Waals surface area contributed by atoms with Crippen LogP contribution >= 0.6 is 0 Å². The number of amides is 1. The molecule has 124 valence electrons. The van der Waals surface area contributed by atoms with E-state index in [4.69, 9.17) is 0 Å². The maximum Gasteiger partial charge on any atom is 0.251 e. The molecule has 5 nitrogen and oxygen atoms in total. The predicted octanol–water partition coefficient (Wildman–Crippen LogP) is 2.46. The molecule has 1 amide bonds. The Hall–Kier alpha value is -2.14. The molecule has 2 unspecified atom stereocenters. The summed E-state index contributed by atoms with van der Waals surface area (Å²) in [5.41, 5.74) is 0.774. The summed E-state index contributed by atoms with van der Waals surface area (Å²) in [5.74, 6) is -0.0431. The molecule has 0 saturated heterocycles. The number of hydrogen-bond acceptors (Lipinski definition) is 3. The molecule has 1 aromatic carbocycles. The van der Waals surface area contributed by atoms with Gasteiger partial charge in [-0.2, -0.15) is 5.10 Å². The highest BCUT2D eigenvalue weighted by molar-refractivity contribution is 5.94. The van der Waals surface area contributed by atoms with Gasteiger partial charge in [0.2, 0.25) is 0 Å². The second-order valence-electron chi connectivity index (χ2n) is 6.25. The molecule has 0 aliphatic carbocycles. The Morgan fingerprint density at radius 1 is 1.39 bits per heavy atom. The molecule has 5 heteroatoms. The molecule has 1 aromatic heterocycles. The summed E-state index contributed by atoms with van der Waals surface area (Å²) in [6, 6.07) is 9.32. The maximum atomic E-state index is 12.2. The van der Waals surface area contributed by atoms with Gasteiger partial charge in [-0.15, -0.1) is 0 Å². The molecule has 1 heterocycles. The zero-order valence-corrected chi connectivity index (χ0v) is 14.0. The van der Waals surface area contributed by atoms with Gasteiger partial charge in [0.1, 0.15) is 0 Å². The summed E-state index contributed by atoms with van der Waals surface area (Å²) in [6.07, 6.45) is 4.51. The molecule has 2 rings (SSSR count). The van der Waals surface area contributed by atoms with Crippen LogP contribution in [0.25, 0.3) is 0 Å². The number of nitrogens with zero attached hydrogens (tertiary/aromatic N) is 2. The average Bonchev–Trinajstić information content (AvgIpc) is 3.05.